The van der Waals surface area contributed by atoms with Crippen molar-refractivity contribution in [2.75, 3.05) is 18.0 Å². The van der Waals surface area contributed by atoms with Crippen molar-refractivity contribution in [1.82, 2.24) is 10.3 Å². The average molecular weight is 446 g/mol. The third kappa shape index (κ3) is 5.08. The maximum Gasteiger partial charge on any atom is 0.264 e. The summed E-state index contributed by atoms with van der Waals surface area (Å²) in [6.45, 7) is -0.285. The van der Waals surface area contributed by atoms with E-state index < -0.39 is 22.5 Å². The first-order valence-electron chi connectivity index (χ1n) is 9.00. The van der Waals surface area contributed by atoms with Crippen LogP contribution in [0.3, 0.4) is 0 Å². The molecule has 3 aromatic rings. The highest BCUT2D eigenvalue weighted by molar-refractivity contribution is 7.92. The Hall–Kier alpha value is -3.10. The third-order valence-corrected chi connectivity index (χ3v) is 6.23. The van der Waals surface area contributed by atoms with Crippen LogP contribution in [-0.4, -0.2) is 33.0 Å². The molecule has 0 radical (unpaired) electrons. The lowest BCUT2D eigenvalue weighted by Crippen LogP contribution is -2.41. The number of sulfonamides is 1. The Morgan fingerprint density at radius 3 is 2.50 bits per heavy atom. The number of pyridine rings is 1. The van der Waals surface area contributed by atoms with Crippen molar-refractivity contribution < 1.29 is 17.9 Å². The van der Waals surface area contributed by atoms with E-state index in [2.05, 4.69) is 10.3 Å². The minimum absolute atomic E-state index is 0.0459. The molecule has 0 atom stereocenters. The summed E-state index contributed by atoms with van der Waals surface area (Å²) in [5.41, 5.74) is 0.825. The van der Waals surface area contributed by atoms with E-state index in [-0.39, 0.29) is 22.9 Å². The number of nitrogens with one attached hydrogen (secondary N) is 1. The lowest BCUT2D eigenvalue weighted by atomic mass is 10.3. The number of carbonyl (C=O) groups excluding carboxylic acids is 1. The van der Waals surface area contributed by atoms with Gasteiger partial charge in [-0.25, -0.2) is 8.42 Å². The normalized spacial score (nSPS) is 11.0. The Balaban J connectivity index is 1.94. The predicted octanol–water partition coefficient (Wildman–Crippen LogP) is 3.26. The highest BCUT2D eigenvalue weighted by atomic mass is 35.5. The van der Waals surface area contributed by atoms with Crippen molar-refractivity contribution in [3.05, 3.63) is 83.6 Å². The van der Waals surface area contributed by atoms with Crippen LogP contribution in [0, 0.1) is 0 Å². The number of amides is 1. The van der Waals surface area contributed by atoms with Gasteiger partial charge in [-0.3, -0.25) is 14.1 Å². The fourth-order valence-corrected chi connectivity index (χ4v) is 4.37. The quantitative estimate of drug-likeness (QED) is 0.575. The van der Waals surface area contributed by atoms with Gasteiger partial charge in [-0.05, 0) is 42.5 Å². The van der Waals surface area contributed by atoms with Crippen molar-refractivity contribution >= 4 is 33.2 Å². The minimum Gasteiger partial charge on any atom is -0.495 e. The van der Waals surface area contributed by atoms with Crippen molar-refractivity contribution in [2.45, 2.75) is 11.4 Å². The first kappa shape index (κ1) is 21.6. The van der Waals surface area contributed by atoms with E-state index in [1.54, 1.807) is 54.7 Å². The van der Waals surface area contributed by atoms with Gasteiger partial charge < -0.3 is 10.1 Å². The van der Waals surface area contributed by atoms with Gasteiger partial charge in [-0.2, -0.15) is 0 Å². The maximum absolute atomic E-state index is 13.4. The number of anilines is 1. The second kappa shape index (κ2) is 9.60. The van der Waals surface area contributed by atoms with Crippen LogP contribution in [0.2, 0.25) is 5.02 Å². The Kier molecular flexibility index (Phi) is 6.91. The van der Waals surface area contributed by atoms with Gasteiger partial charge in [-0.1, -0.05) is 35.9 Å². The number of aromatic nitrogens is 1. The molecule has 0 saturated carbocycles. The van der Waals surface area contributed by atoms with Gasteiger partial charge >= 0.3 is 0 Å². The number of ether oxygens (including phenoxy) is 1. The van der Waals surface area contributed by atoms with Gasteiger partial charge in [0.1, 0.15) is 12.3 Å². The number of halogens is 1. The molecular formula is C21H20ClN3O4S. The number of benzene rings is 2. The van der Waals surface area contributed by atoms with Gasteiger partial charge in [-0.15, -0.1) is 0 Å². The van der Waals surface area contributed by atoms with E-state index >= 15 is 0 Å². The summed E-state index contributed by atoms with van der Waals surface area (Å²) in [6, 6.07) is 17.8. The number of hydrogen-bond donors (Lipinski definition) is 1. The Bertz CT molecular complexity index is 1110. The Morgan fingerprint density at radius 2 is 1.83 bits per heavy atom. The maximum atomic E-state index is 13.4. The van der Waals surface area contributed by atoms with Crippen molar-refractivity contribution in [1.29, 1.82) is 0 Å². The average Bonchev–Trinajstić information content (AvgIpc) is 2.77. The molecule has 30 heavy (non-hydrogen) atoms. The molecule has 0 aliphatic rings. The summed E-state index contributed by atoms with van der Waals surface area (Å²) >= 11 is 6.11. The molecule has 9 heteroatoms. The molecule has 1 aromatic heterocycles. The van der Waals surface area contributed by atoms with Gasteiger partial charge in [0, 0.05) is 11.2 Å². The van der Waals surface area contributed by atoms with Crippen LogP contribution in [-0.2, 0) is 21.4 Å². The van der Waals surface area contributed by atoms with Crippen LogP contribution in [0.5, 0.6) is 5.75 Å². The molecule has 7 nitrogen and oxygen atoms in total. The molecule has 156 valence electrons. The molecule has 0 spiro atoms. The zero-order chi connectivity index (χ0) is 21.6. The summed E-state index contributed by atoms with van der Waals surface area (Å²) < 4.78 is 33.0. The van der Waals surface area contributed by atoms with E-state index in [0.717, 1.165) is 4.31 Å². The topological polar surface area (TPSA) is 88.6 Å². The standard InChI is InChI=1S/C21H20ClN3O4S/c1-29-20-11-10-16(22)13-19(20)25(30(27,28)18-8-3-2-4-9-18)15-21(26)24-14-17-7-5-6-12-23-17/h2-13H,14-15H2,1H3,(H,24,26). The molecule has 2 aromatic carbocycles. The fourth-order valence-electron chi connectivity index (χ4n) is 2.76. The Labute approximate surface area is 180 Å². The predicted molar refractivity (Wildman–Crippen MR) is 115 cm³/mol. The molecule has 3 rings (SSSR count). The summed E-state index contributed by atoms with van der Waals surface area (Å²) in [7, 11) is -2.65. The van der Waals surface area contributed by atoms with E-state index in [0.29, 0.717) is 10.7 Å². The van der Waals surface area contributed by atoms with Gasteiger partial charge in [0.15, 0.2) is 0 Å². The highest BCUT2D eigenvalue weighted by Crippen LogP contribution is 2.34. The van der Waals surface area contributed by atoms with E-state index in [4.69, 9.17) is 16.3 Å². The van der Waals surface area contributed by atoms with Crippen LogP contribution < -0.4 is 14.4 Å². The molecule has 0 aliphatic carbocycles. The molecule has 0 saturated heterocycles. The van der Waals surface area contributed by atoms with Crippen LogP contribution in [0.1, 0.15) is 5.69 Å². The zero-order valence-corrected chi connectivity index (χ0v) is 17.7. The number of methoxy groups -OCH3 is 1. The van der Waals surface area contributed by atoms with Crippen molar-refractivity contribution in [2.24, 2.45) is 0 Å². The van der Waals surface area contributed by atoms with E-state index in [9.17, 15) is 13.2 Å². The van der Waals surface area contributed by atoms with Gasteiger partial charge in [0.25, 0.3) is 10.0 Å². The van der Waals surface area contributed by atoms with Crippen LogP contribution in [0.25, 0.3) is 0 Å². The molecule has 0 bridgehead atoms. The lowest BCUT2D eigenvalue weighted by Gasteiger charge is -2.25. The van der Waals surface area contributed by atoms with E-state index in [1.165, 1.54) is 25.3 Å². The summed E-state index contributed by atoms with van der Waals surface area (Å²) in [5, 5.41) is 3.01. The summed E-state index contributed by atoms with van der Waals surface area (Å²) in [4.78, 5) is 16.8. The fraction of sp³-hybridized carbons (Fsp3) is 0.143. The first-order chi connectivity index (χ1) is 14.4. The number of rotatable bonds is 8. The van der Waals surface area contributed by atoms with Crippen LogP contribution >= 0.6 is 11.6 Å². The van der Waals surface area contributed by atoms with E-state index in [1.807, 2.05) is 0 Å². The summed E-state index contributed by atoms with van der Waals surface area (Å²) in [6.07, 6.45) is 1.62. The minimum atomic E-state index is -4.06. The molecule has 0 aliphatic heterocycles. The Morgan fingerprint density at radius 1 is 1.10 bits per heavy atom. The number of nitrogens with zero attached hydrogens (tertiary/aromatic N) is 2. The van der Waals surface area contributed by atoms with Crippen LogP contribution in [0.15, 0.2) is 77.8 Å². The smallest absolute Gasteiger partial charge is 0.264 e. The number of hydrogen-bond acceptors (Lipinski definition) is 5. The highest BCUT2D eigenvalue weighted by Gasteiger charge is 2.29. The molecule has 0 unspecified atom stereocenters. The molecular weight excluding hydrogens is 426 g/mol. The second-order valence-electron chi connectivity index (χ2n) is 6.24. The second-order valence-corrected chi connectivity index (χ2v) is 8.54. The monoisotopic (exact) mass is 445 g/mol. The SMILES string of the molecule is COc1ccc(Cl)cc1N(CC(=O)NCc1ccccn1)S(=O)(=O)c1ccccc1. The first-order valence-corrected chi connectivity index (χ1v) is 10.8. The molecule has 0 fully saturated rings. The largest absolute Gasteiger partial charge is 0.495 e. The van der Waals surface area contributed by atoms with Crippen LogP contribution in [0.4, 0.5) is 5.69 Å². The van der Waals surface area contributed by atoms with Gasteiger partial charge in [0.05, 0.1) is 29.9 Å². The lowest BCUT2D eigenvalue weighted by molar-refractivity contribution is -0.119. The third-order valence-electron chi connectivity index (χ3n) is 4.22. The zero-order valence-electron chi connectivity index (χ0n) is 16.2. The van der Waals surface area contributed by atoms with Crippen molar-refractivity contribution in [3.63, 3.8) is 0 Å². The molecule has 1 amide bonds. The summed E-state index contributed by atoms with van der Waals surface area (Å²) in [5.74, 6) is -0.224. The molecule has 1 N–H and O–H groups in total. The number of carbonyl (C=O) groups is 1. The van der Waals surface area contributed by atoms with Crippen molar-refractivity contribution in [3.8, 4) is 5.75 Å². The van der Waals surface area contributed by atoms with Gasteiger partial charge in [0.2, 0.25) is 5.91 Å². The molecule has 1 heterocycles.